The molecule has 0 aliphatic heterocycles. The third-order valence-electron chi connectivity index (χ3n) is 3.60. The van der Waals surface area contributed by atoms with Gasteiger partial charge in [0.15, 0.2) is 5.82 Å². The molecule has 20 heavy (non-hydrogen) atoms. The summed E-state index contributed by atoms with van der Waals surface area (Å²) in [6.45, 7) is 12.0. The molecular weight excluding hydrogens is 250 g/mol. The fourth-order valence-electron chi connectivity index (χ4n) is 2.41. The van der Waals surface area contributed by atoms with Gasteiger partial charge in [-0.05, 0) is 42.7 Å². The molecule has 5 nitrogen and oxygen atoms in total. The maximum atomic E-state index is 4.25. The molecule has 0 aliphatic rings. The van der Waals surface area contributed by atoms with Crippen LogP contribution in [0.15, 0.2) is 0 Å². The van der Waals surface area contributed by atoms with Crippen LogP contribution >= 0.6 is 0 Å². The van der Waals surface area contributed by atoms with Gasteiger partial charge in [-0.2, -0.15) is 0 Å². The molecule has 0 aliphatic carbocycles. The Morgan fingerprint density at radius 2 is 1.85 bits per heavy atom. The molecule has 2 unspecified atom stereocenters. The summed E-state index contributed by atoms with van der Waals surface area (Å²) in [4.78, 5) is 0. The molecule has 0 bridgehead atoms. The smallest absolute Gasteiger partial charge is 0.168 e. The van der Waals surface area contributed by atoms with Crippen LogP contribution in [-0.2, 0) is 0 Å². The van der Waals surface area contributed by atoms with Crippen molar-refractivity contribution in [2.75, 3.05) is 6.54 Å². The highest BCUT2D eigenvalue weighted by molar-refractivity contribution is 4.92. The molecule has 1 aromatic heterocycles. The normalized spacial score (nSPS) is 14.7. The van der Waals surface area contributed by atoms with Gasteiger partial charge in [0.2, 0.25) is 0 Å². The van der Waals surface area contributed by atoms with Crippen molar-refractivity contribution in [2.24, 2.45) is 5.92 Å². The Kier molecular flexibility index (Phi) is 7.73. The van der Waals surface area contributed by atoms with Gasteiger partial charge in [-0.3, -0.25) is 0 Å². The lowest BCUT2D eigenvalue weighted by molar-refractivity contribution is 0.350. The van der Waals surface area contributed by atoms with Crippen molar-refractivity contribution < 1.29 is 0 Å². The topological polar surface area (TPSA) is 55.6 Å². The summed E-state index contributed by atoms with van der Waals surface area (Å²) in [5.74, 6) is 1.61. The summed E-state index contributed by atoms with van der Waals surface area (Å²) >= 11 is 0. The van der Waals surface area contributed by atoms with Crippen molar-refractivity contribution in [1.82, 2.24) is 25.5 Å². The number of aromatic nitrogens is 4. The minimum atomic E-state index is 0.202. The minimum Gasteiger partial charge on any atom is -0.307 e. The Hall–Kier alpha value is -0.970. The van der Waals surface area contributed by atoms with Gasteiger partial charge in [0, 0.05) is 0 Å². The van der Waals surface area contributed by atoms with Crippen molar-refractivity contribution in [3.8, 4) is 0 Å². The number of tetrazole rings is 1. The second kappa shape index (κ2) is 9.06. The quantitative estimate of drug-likeness (QED) is 0.713. The fourth-order valence-corrected chi connectivity index (χ4v) is 2.41. The Balaban J connectivity index is 2.75. The van der Waals surface area contributed by atoms with Crippen molar-refractivity contribution >= 4 is 0 Å². The third kappa shape index (κ3) is 5.19. The van der Waals surface area contributed by atoms with E-state index < -0.39 is 0 Å². The molecule has 5 heteroatoms. The molecule has 0 saturated carbocycles. The molecule has 0 aromatic carbocycles. The van der Waals surface area contributed by atoms with Gasteiger partial charge >= 0.3 is 0 Å². The maximum absolute atomic E-state index is 4.25. The molecule has 1 aromatic rings. The predicted octanol–water partition coefficient (Wildman–Crippen LogP) is 3.51. The van der Waals surface area contributed by atoms with Crippen molar-refractivity contribution in [2.45, 2.75) is 78.8 Å². The number of rotatable bonds is 10. The van der Waals surface area contributed by atoms with Gasteiger partial charge in [-0.15, -0.1) is 5.10 Å². The number of nitrogens with zero attached hydrogens (tertiary/aromatic N) is 4. The van der Waals surface area contributed by atoms with E-state index in [1.54, 1.807) is 0 Å². The molecule has 2 atom stereocenters. The van der Waals surface area contributed by atoms with Crippen LogP contribution in [-0.4, -0.2) is 26.8 Å². The van der Waals surface area contributed by atoms with Gasteiger partial charge in [-0.25, -0.2) is 4.68 Å². The maximum Gasteiger partial charge on any atom is 0.168 e. The lowest BCUT2D eigenvalue weighted by Gasteiger charge is -2.21. The van der Waals surface area contributed by atoms with Gasteiger partial charge in [0.05, 0.1) is 12.1 Å². The summed E-state index contributed by atoms with van der Waals surface area (Å²) in [5, 5.41) is 15.9. The molecule has 0 fully saturated rings. The van der Waals surface area contributed by atoms with Gasteiger partial charge in [-0.1, -0.05) is 47.0 Å². The van der Waals surface area contributed by atoms with Crippen LogP contribution in [0.4, 0.5) is 0 Å². The minimum absolute atomic E-state index is 0.202. The average molecular weight is 281 g/mol. The van der Waals surface area contributed by atoms with Crippen molar-refractivity contribution in [3.63, 3.8) is 0 Å². The zero-order valence-corrected chi connectivity index (χ0v) is 13.8. The lowest BCUT2D eigenvalue weighted by atomic mass is 10.0. The van der Waals surface area contributed by atoms with E-state index in [1.165, 1.54) is 25.7 Å². The molecule has 0 radical (unpaired) electrons. The second-order valence-corrected chi connectivity index (χ2v) is 6.09. The first-order chi connectivity index (χ1) is 9.60. The molecule has 1 rings (SSSR count). The van der Waals surface area contributed by atoms with E-state index in [0.717, 1.165) is 18.8 Å². The molecular formula is C15H31N5. The Labute approximate surface area is 123 Å². The summed E-state index contributed by atoms with van der Waals surface area (Å²) in [5.41, 5.74) is 0. The Morgan fingerprint density at radius 3 is 2.45 bits per heavy atom. The zero-order chi connectivity index (χ0) is 15.0. The first-order valence-electron chi connectivity index (χ1n) is 8.11. The van der Waals surface area contributed by atoms with Gasteiger partial charge < -0.3 is 5.32 Å². The second-order valence-electron chi connectivity index (χ2n) is 6.09. The first-order valence-corrected chi connectivity index (χ1v) is 8.11. The molecule has 0 amide bonds. The average Bonchev–Trinajstić information content (AvgIpc) is 2.90. The summed E-state index contributed by atoms with van der Waals surface area (Å²) < 4.78 is 2.05. The van der Waals surface area contributed by atoms with E-state index in [9.17, 15) is 0 Å². The van der Waals surface area contributed by atoms with Gasteiger partial charge in [0.1, 0.15) is 0 Å². The highest BCUT2D eigenvalue weighted by Crippen LogP contribution is 2.23. The highest BCUT2D eigenvalue weighted by atomic mass is 15.6. The van der Waals surface area contributed by atoms with Crippen LogP contribution in [0.3, 0.4) is 0 Å². The van der Waals surface area contributed by atoms with E-state index in [1.807, 2.05) is 0 Å². The number of nitrogens with one attached hydrogen (secondary N) is 1. The number of hydrogen-bond donors (Lipinski definition) is 1. The van der Waals surface area contributed by atoms with Crippen LogP contribution in [0, 0.1) is 5.92 Å². The molecule has 1 heterocycles. The predicted molar refractivity (Wildman–Crippen MR) is 82.5 cm³/mol. The third-order valence-corrected chi connectivity index (χ3v) is 3.60. The standard InChI is InChI=1S/C15H31N5/c1-6-8-10-14(9-7-2)20-15(17-18-19-20)13(5)16-11-12(3)4/h12-14,16H,6-11H2,1-5H3. The van der Waals surface area contributed by atoms with Crippen molar-refractivity contribution in [3.05, 3.63) is 5.82 Å². The van der Waals surface area contributed by atoms with E-state index in [-0.39, 0.29) is 6.04 Å². The molecule has 0 saturated heterocycles. The lowest BCUT2D eigenvalue weighted by Crippen LogP contribution is -2.27. The monoisotopic (exact) mass is 281 g/mol. The van der Waals surface area contributed by atoms with Gasteiger partial charge in [0.25, 0.3) is 0 Å². The zero-order valence-electron chi connectivity index (χ0n) is 13.8. The van der Waals surface area contributed by atoms with Crippen LogP contribution in [0.25, 0.3) is 0 Å². The van der Waals surface area contributed by atoms with E-state index >= 15 is 0 Å². The summed E-state index contributed by atoms with van der Waals surface area (Å²) in [7, 11) is 0. The largest absolute Gasteiger partial charge is 0.307 e. The molecule has 0 spiro atoms. The van der Waals surface area contributed by atoms with Crippen LogP contribution in [0.5, 0.6) is 0 Å². The Morgan fingerprint density at radius 1 is 1.10 bits per heavy atom. The van der Waals surface area contributed by atoms with Crippen molar-refractivity contribution in [1.29, 1.82) is 0 Å². The van der Waals surface area contributed by atoms with Crippen LogP contribution < -0.4 is 5.32 Å². The SMILES string of the molecule is CCCCC(CCC)n1nnnc1C(C)NCC(C)C. The van der Waals surface area contributed by atoms with E-state index in [2.05, 4.69) is 60.1 Å². The molecule has 1 N–H and O–H groups in total. The van der Waals surface area contributed by atoms with E-state index in [0.29, 0.717) is 12.0 Å². The number of unbranched alkanes of at least 4 members (excludes halogenated alkanes) is 1. The van der Waals surface area contributed by atoms with E-state index in [4.69, 9.17) is 0 Å². The molecule has 116 valence electrons. The van der Waals surface area contributed by atoms with Crippen LogP contribution in [0.1, 0.15) is 84.6 Å². The summed E-state index contributed by atoms with van der Waals surface area (Å²) in [6, 6.07) is 0.640. The first kappa shape index (κ1) is 17.1. The summed E-state index contributed by atoms with van der Waals surface area (Å²) in [6.07, 6.45) is 5.94. The fraction of sp³-hybridized carbons (Fsp3) is 0.933. The highest BCUT2D eigenvalue weighted by Gasteiger charge is 2.20. The van der Waals surface area contributed by atoms with Crippen LogP contribution in [0.2, 0.25) is 0 Å². The number of hydrogen-bond acceptors (Lipinski definition) is 4. The Bertz CT molecular complexity index is 361.